The van der Waals surface area contributed by atoms with Crippen molar-refractivity contribution >= 4 is 22.8 Å². The van der Waals surface area contributed by atoms with Crippen LogP contribution in [0.3, 0.4) is 0 Å². The zero-order chi connectivity index (χ0) is 24.7. The first-order valence-corrected chi connectivity index (χ1v) is 11.7. The fourth-order valence-electron chi connectivity index (χ4n) is 3.66. The van der Waals surface area contributed by atoms with Gasteiger partial charge in [-0.2, -0.15) is 10.1 Å². The van der Waals surface area contributed by atoms with Gasteiger partial charge in [0.1, 0.15) is 11.3 Å². The fourth-order valence-corrected chi connectivity index (χ4v) is 3.66. The Morgan fingerprint density at radius 3 is 2.68 bits per heavy atom. The molecule has 0 amide bonds. The summed E-state index contributed by atoms with van der Waals surface area (Å²) in [7, 11) is 1.65. The maximum atomic E-state index is 9.54. The summed E-state index contributed by atoms with van der Waals surface area (Å²) in [6, 6.07) is 6.06. The third kappa shape index (κ3) is 6.34. The van der Waals surface area contributed by atoms with Crippen LogP contribution in [0.1, 0.15) is 44.7 Å². The van der Waals surface area contributed by atoms with E-state index < -0.39 is 0 Å². The smallest absolute Gasteiger partial charge is 0.222 e. The summed E-state index contributed by atoms with van der Waals surface area (Å²) in [6.07, 6.45) is 3.86. The Labute approximate surface area is 200 Å². The molecule has 1 aromatic carbocycles. The lowest BCUT2D eigenvalue weighted by Crippen LogP contribution is -2.42. The lowest BCUT2D eigenvalue weighted by atomic mass is 10.1. The second kappa shape index (κ2) is 11.5. The van der Waals surface area contributed by atoms with Gasteiger partial charge < -0.3 is 30.9 Å². The topological polar surface area (TPSA) is 135 Å². The van der Waals surface area contributed by atoms with E-state index in [-0.39, 0.29) is 24.7 Å². The molecule has 0 fully saturated rings. The Hall–Kier alpha value is -2.95. The lowest BCUT2D eigenvalue weighted by Gasteiger charge is -2.23. The molecule has 3 aromatic rings. The van der Waals surface area contributed by atoms with Gasteiger partial charge >= 0.3 is 0 Å². The highest BCUT2D eigenvalue weighted by molar-refractivity contribution is 5.86. The highest BCUT2D eigenvalue weighted by Gasteiger charge is 2.18. The van der Waals surface area contributed by atoms with Gasteiger partial charge in [0, 0.05) is 30.7 Å². The van der Waals surface area contributed by atoms with Crippen molar-refractivity contribution in [2.24, 2.45) is 0 Å². The number of rotatable bonds is 13. The molecule has 0 aliphatic heterocycles. The number of benzene rings is 1. The average Bonchev–Trinajstić information content (AvgIpc) is 3.22. The number of aliphatic hydroxyl groups excluding tert-OH is 2. The van der Waals surface area contributed by atoms with Gasteiger partial charge in [-0.05, 0) is 31.9 Å². The Morgan fingerprint density at radius 1 is 1.21 bits per heavy atom. The molecule has 0 bridgehead atoms. The number of hydrogen-bond acceptors (Lipinski definition) is 9. The van der Waals surface area contributed by atoms with Gasteiger partial charge in [-0.3, -0.25) is 4.68 Å². The quantitative estimate of drug-likeness (QED) is 0.295. The molecule has 0 spiro atoms. The zero-order valence-corrected chi connectivity index (χ0v) is 20.6. The summed E-state index contributed by atoms with van der Waals surface area (Å²) in [6.45, 7) is 8.42. The van der Waals surface area contributed by atoms with E-state index in [1.54, 1.807) is 7.11 Å². The van der Waals surface area contributed by atoms with Gasteiger partial charge in [-0.15, -0.1) is 0 Å². The second-order valence-corrected chi connectivity index (χ2v) is 9.07. The van der Waals surface area contributed by atoms with Crippen molar-refractivity contribution in [1.82, 2.24) is 25.1 Å². The Bertz CT molecular complexity index is 1080. The maximum Gasteiger partial charge on any atom is 0.222 e. The highest BCUT2D eigenvalue weighted by atomic mass is 16.5. The third-order valence-corrected chi connectivity index (χ3v) is 5.71. The SMILES string of the molecule is CCCCN(CCO)c1nc(N)nc2cn(Cc3ccc(CNC(C)(C)CO)cc3OC)nc12. The van der Waals surface area contributed by atoms with Crippen molar-refractivity contribution in [3.63, 3.8) is 0 Å². The lowest BCUT2D eigenvalue weighted by molar-refractivity contribution is 0.187. The standard InChI is InChI=1S/C24H37N7O3/c1-5-6-9-30(10-11-32)22-21-19(27-23(25)28-22)15-31(29-21)14-18-8-7-17(12-20(18)34-4)13-26-24(2,3)16-33/h7-8,12,15,26,32-33H,5-6,9-11,13-14,16H2,1-4H3,(H2,25,27). The van der Waals surface area contributed by atoms with Gasteiger partial charge in [0.2, 0.25) is 5.95 Å². The molecule has 186 valence electrons. The van der Waals surface area contributed by atoms with Crippen molar-refractivity contribution in [2.45, 2.75) is 52.2 Å². The number of unbranched alkanes of at least 4 members (excludes halogenated alkanes) is 1. The molecule has 2 aromatic heterocycles. The van der Waals surface area contributed by atoms with Crippen LogP contribution >= 0.6 is 0 Å². The molecular formula is C24H37N7O3. The Morgan fingerprint density at radius 2 is 2.00 bits per heavy atom. The van der Waals surface area contributed by atoms with E-state index in [2.05, 4.69) is 22.2 Å². The minimum absolute atomic E-state index is 0.0176. The molecule has 0 aliphatic rings. The number of methoxy groups -OCH3 is 1. The number of aromatic nitrogens is 4. The van der Waals surface area contributed by atoms with Gasteiger partial charge in [0.15, 0.2) is 11.3 Å². The average molecular weight is 472 g/mol. The summed E-state index contributed by atoms with van der Waals surface area (Å²) in [5.74, 6) is 1.58. The van der Waals surface area contributed by atoms with Crippen molar-refractivity contribution < 1.29 is 14.9 Å². The molecule has 0 radical (unpaired) electrons. The predicted molar refractivity (Wildman–Crippen MR) is 134 cm³/mol. The highest BCUT2D eigenvalue weighted by Crippen LogP contribution is 2.26. The van der Waals surface area contributed by atoms with E-state index in [4.69, 9.17) is 15.6 Å². The zero-order valence-electron chi connectivity index (χ0n) is 20.6. The summed E-state index contributed by atoms with van der Waals surface area (Å²) < 4.78 is 7.46. The van der Waals surface area contributed by atoms with E-state index in [1.165, 1.54) is 0 Å². The molecule has 10 heteroatoms. The molecule has 34 heavy (non-hydrogen) atoms. The Kier molecular flexibility index (Phi) is 8.65. The van der Waals surface area contributed by atoms with E-state index in [9.17, 15) is 10.2 Å². The number of anilines is 2. The van der Waals surface area contributed by atoms with Crippen molar-refractivity contribution in [2.75, 3.05) is 44.0 Å². The molecule has 0 unspecified atom stereocenters. The first-order chi connectivity index (χ1) is 16.3. The van der Waals surface area contributed by atoms with Crippen LogP contribution in [0, 0.1) is 0 Å². The molecule has 0 aliphatic carbocycles. The van der Waals surface area contributed by atoms with Crippen LogP contribution in [0.5, 0.6) is 5.75 Å². The third-order valence-electron chi connectivity index (χ3n) is 5.71. The summed E-state index contributed by atoms with van der Waals surface area (Å²) in [4.78, 5) is 10.8. The molecule has 5 N–H and O–H groups in total. The van der Waals surface area contributed by atoms with Crippen molar-refractivity contribution in [3.8, 4) is 5.75 Å². The summed E-state index contributed by atoms with van der Waals surface area (Å²) in [5, 5.41) is 27.1. The van der Waals surface area contributed by atoms with Crippen molar-refractivity contribution in [1.29, 1.82) is 0 Å². The van der Waals surface area contributed by atoms with E-state index in [1.807, 2.05) is 47.8 Å². The summed E-state index contributed by atoms with van der Waals surface area (Å²) in [5.41, 5.74) is 8.98. The number of fused-ring (bicyclic) bond motifs is 1. The van der Waals surface area contributed by atoms with Crippen LogP contribution in [0.2, 0.25) is 0 Å². The number of aliphatic hydroxyl groups is 2. The van der Waals surface area contributed by atoms with E-state index in [0.717, 1.165) is 36.3 Å². The van der Waals surface area contributed by atoms with E-state index in [0.29, 0.717) is 36.5 Å². The molecule has 0 saturated carbocycles. The van der Waals surface area contributed by atoms with E-state index >= 15 is 0 Å². The maximum absolute atomic E-state index is 9.54. The molecule has 0 atom stereocenters. The normalized spacial score (nSPS) is 11.8. The monoisotopic (exact) mass is 471 g/mol. The Balaban J connectivity index is 1.87. The van der Waals surface area contributed by atoms with Gasteiger partial charge in [0.25, 0.3) is 0 Å². The minimum atomic E-state index is -0.358. The van der Waals surface area contributed by atoms with Crippen LogP contribution in [-0.4, -0.2) is 68.9 Å². The number of nitrogen functional groups attached to an aromatic ring is 1. The first kappa shape index (κ1) is 25.7. The van der Waals surface area contributed by atoms with Gasteiger partial charge in [0.05, 0.1) is 33.1 Å². The molecule has 10 nitrogen and oxygen atoms in total. The predicted octanol–water partition coefficient (Wildman–Crippen LogP) is 1.92. The van der Waals surface area contributed by atoms with Gasteiger partial charge in [-0.1, -0.05) is 25.5 Å². The minimum Gasteiger partial charge on any atom is -0.496 e. The molecule has 2 heterocycles. The number of nitrogens with zero attached hydrogens (tertiary/aromatic N) is 5. The van der Waals surface area contributed by atoms with Crippen LogP contribution in [-0.2, 0) is 13.1 Å². The van der Waals surface area contributed by atoms with Gasteiger partial charge in [-0.25, -0.2) is 4.98 Å². The first-order valence-electron chi connectivity index (χ1n) is 11.7. The van der Waals surface area contributed by atoms with Crippen LogP contribution in [0.4, 0.5) is 11.8 Å². The van der Waals surface area contributed by atoms with Crippen LogP contribution in [0.25, 0.3) is 11.0 Å². The fraction of sp³-hybridized carbons (Fsp3) is 0.542. The summed E-state index contributed by atoms with van der Waals surface area (Å²) >= 11 is 0. The largest absolute Gasteiger partial charge is 0.496 e. The van der Waals surface area contributed by atoms with Crippen molar-refractivity contribution in [3.05, 3.63) is 35.5 Å². The number of nitrogens with one attached hydrogen (secondary N) is 1. The van der Waals surface area contributed by atoms with Crippen LogP contribution < -0.4 is 20.7 Å². The number of ether oxygens (including phenoxy) is 1. The molecule has 0 saturated heterocycles. The van der Waals surface area contributed by atoms with Crippen LogP contribution in [0.15, 0.2) is 24.4 Å². The number of nitrogens with two attached hydrogens (primary N) is 1. The molecular weight excluding hydrogens is 434 g/mol. The molecule has 3 rings (SSSR count). The second-order valence-electron chi connectivity index (χ2n) is 9.07. The number of hydrogen-bond donors (Lipinski definition) is 4.